The van der Waals surface area contributed by atoms with Gasteiger partial charge in [0.2, 0.25) is 11.8 Å². The van der Waals surface area contributed by atoms with E-state index in [0.29, 0.717) is 45.8 Å². The molecule has 0 bridgehead atoms. The van der Waals surface area contributed by atoms with Crippen LogP contribution in [0.5, 0.6) is 0 Å². The molecule has 2 atom stereocenters. The van der Waals surface area contributed by atoms with Crippen LogP contribution in [0.3, 0.4) is 0 Å². The first-order valence-corrected chi connectivity index (χ1v) is 9.99. The minimum Gasteiger partial charge on any atom is -0.378 e. The van der Waals surface area contributed by atoms with E-state index in [1.807, 2.05) is 30.6 Å². The summed E-state index contributed by atoms with van der Waals surface area (Å²) in [6.07, 6.45) is 2.98. The molecule has 7 nitrogen and oxygen atoms in total. The summed E-state index contributed by atoms with van der Waals surface area (Å²) in [6, 6.07) is 0. The topological polar surface area (TPSA) is 79.1 Å². The van der Waals surface area contributed by atoms with Crippen LogP contribution >= 0.6 is 0 Å². The van der Waals surface area contributed by atoms with E-state index in [1.165, 1.54) is 12.8 Å². The third kappa shape index (κ3) is 3.37. The second kappa shape index (κ2) is 7.44. The maximum atomic E-state index is 13.1. The van der Waals surface area contributed by atoms with Gasteiger partial charge in [-0.1, -0.05) is 13.8 Å². The highest BCUT2D eigenvalue weighted by Crippen LogP contribution is 2.50. The molecule has 3 aliphatic rings. The van der Waals surface area contributed by atoms with Crippen molar-refractivity contribution in [1.82, 2.24) is 14.7 Å². The highest BCUT2D eigenvalue weighted by atomic mass is 16.5. The number of amides is 2. The van der Waals surface area contributed by atoms with Crippen LogP contribution in [0.4, 0.5) is 0 Å². The summed E-state index contributed by atoms with van der Waals surface area (Å²) >= 11 is 0. The van der Waals surface area contributed by atoms with Crippen molar-refractivity contribution >= 4 is 11.8 Å². The van der Waals surface area contributed by atoms with E-state index in [2.05, 4.69) is 4.90 Å². The van der Waals surface area contributed by atoms with Crippen LogP contribution in [0.25, 0.3) is 0 Å². The maximum Gasteiger partial charge on any atom is 0.243 e. The average Bonchev–Trinajstić information content (AvgIpc) is 3.13. The number of nitrogens with two attached hydrogens (primary N) is 1. The van der Waals surface area contributed by atoms with Gasteiger partial charge in [0.05, 0.1) is 12.6 Å². The fraction of sp³-hybridized carbons (Fsp3) is 0.895. The number of hydrogen-bond donors (Lipinski definition) is 1. The molecule has 2 saturated heterocycles. The molecule has 26 heavy (non-hydrogen) atoms. The summed E-state index contributed by atoms with van der Waals surface area (Å²) in [5, 5.41) is 0. The fourth-order valence-corrected chi connectivity index (χ4v) is 4.47. The number of likely N-dealkylation sites (tertiary alicyclic amines) is 1. The Kier molecular flexibility index (Phi) is 5.61. The second-order valence-corrected chi connectivity index (χ2v) is 8.50. The van der Waals surface area contributed by atoms with Crippen molar-refractivity contribution in [2.45, 2.75) is 51.7 Å². The molecule has 0 radical (unpaired) electrons. The molecular weight excluding hydrogens is 332 g/mol. The number of nitrogens with zero attached hydrogens (tertiary/aromatic N) is 3. The molecule has 2 N–H and O–H groups in total. The first-order valence-electron chi connectivity index (χ1n) is 9.99. The molecule has 0 aromatic rings. The average molecular weight is 367 g/mol. The van der Waals surface area contributed by atoms with Crippen molar-refractivity contribution in [3.8, 4) is 0 Å². The van der Waals surface area contributed by atoms with Crippen molar-refractivity contribution in [3.63, 3.8) is 0 Å². The summed E-state index contributed by atoms with van der Waals surface area (Å²) in [4.78, 5) is 31.5. The molecule has 1 saturated carbocycles. The number of ether oxygens (including phenoxy) is 1. The van der Waals surface area contributed by atoms with E-state index in [0.717, 1.165) is 13.1 Å². The van der Waals surface area contributed by atoms with Gasteiger partial charge in [0.15, 0.2) is 0 Å². The van der Waals surface area contributed by atoms with Gasteiger partial charge in [-0.05, 0) is 32.9 Å². The number of rotatable bonds is 5. The zero-order valence-corrected chi connectivity index (χ0v) is 16.5. The van der Waals surface area contributed by atoms with Gasteiger partial charge in [-0.25, -0.2) is 0 Å². The number of hydrogen-bond acceptors (Lipinski definition) is 5. The number of carbonyl (C=O) groups excluding carboxylic acids is 2. The van der Waals surface area contributed by atoms with Crippen molar-refractivity contribution < 1.29 is 14.3 Å². The van der Waals surface area contributed by atoms with Gasteiger partial charge in [0.1, 0.15) is 5.54 Å². The van der Waals surface area contributed by atoms with Gasteiger partial charge in [-0.2, -0.15) is 0 Å². The molecule has 7 heteroatoms. The smallest absolute Gasteiger partial charge is 0.243 e. The Bertz CT molecular complexity index is 539. The van der Waals surface area contributed by atoms with E-state index in [1.54, 1.807) is 0 Å². The number of carbonyl (C=O) groups is 2. The van der Waals surface area contributed by atoms with Crippen molar-refractivity contribution in [2.75, 3.05) is 52.4 Å². The maximum absolute atomic E-state index is 13.1. The molecule has 2 unspecified atom stereocenters. The zero-order valence-electron chi connectivity index (χ0n) is 16.5. The largest absolute Gasteiger partial charge is 0.378 e. The van der Waals surface area contributed by atoms with E-state index >= 15 is 0 Å². The van der Waals surface area contributed by atoms with Crippen LogP contribution in [0.15, 0.2) is 0 Å². The van der Waals surface area contributed by atoms with Gasteiger partial charge in [0.25, 0.3) is 0 Å². The van der Waals surface area contributed by atoms with Crippen LogP contribution in [-0.4, -0.2) is 90.6 Å². The Morgan fingerprint density at radius 1 is 1.04 bits per heavy atom. The highest BCUT2D eigenvalue weighted by molar-refractivity contribution is 5.89. The van der Waals surface area contributed by atoms with Gasteiger partial charge in [-0.3, -0.25) is 14.5 Å². The lowest BCUT2D eigenvalue weighted by molar-refractivity contribution is -0.180. The predicted molar refractivity (Wildman–Crippen MR) is 99.6 cm³/mol. The molecule has 148 valence electrons. The molecule has 2 aliphatic heterocycles. The normalized spacial score (nSPS) is 31.8. The molecule has 0 spiro atoms. The third-order valence-corrected chi connectivity index (χ3v) is 6.69. The molecule has 3 rings (SSSR count). The molecule has 2 amide bonds. The van der Waals surface area contributed by atoms with E-state index in [4.69, 9.17) is 10.5 Å². The Morgan fingerprint density at radius 2 is 1.62 bits per heavy atom. The Hall–Kier alpha value is -1.18. The predicted octanol–water partition coefficient (Wildman–Crippen LogP) is 0.286. The second-order valence-electron chi connectivity index (χ2n) is 8.50. The molecule has 1 aliphatic carbocycles. The summed E-state index contributed by atoms with van der Waals surface area (Å²) in [5.74, 6) is 0.187. The van der Waals surface area contributed by atoms with Crippen LogP contribution in [0.2, 0.25) is 0 Å². The van der Waals surface area contributed by atoms with Crippen LogP contribution in [-0.2, 0) is 14.3 Å². The summed E-state index contributed by atoms with van der Waals surface area (Å²) in [7, 11) is 0. The van der Waals surface area contributed by atoms with Gasteiger partial charge in [0, 0.05) is 44.6 Å². The standard InChI is InChI=1S/C19H34N4O3/c1-4-26-15-13-19(20,18(15,2)3)17(25)23-11-9-22(10-12-23)16(24)14-21-7-5-6-8-21/h15H,4-14,20H2,1-3H3. The van der Waals surface area contributed by atoms with Gasteiger partial charge in [-0.15, -0.1) is 0 Å². The summed E-state index contributed by atoms with van der Waals surface area (Å²) < 4.78 is 5.73. The molecule has 3 fully saturated rings. The molecule has 0 aromatic carbocycles. The van der Waals surface area contributed by atoms with E-state index in [-0.39, 0.29) is 23.3 Å². The van der Waals surface area contributed by atoms with Crippen molar-refractivity contribution in [2.24, 2.45) is 11.1 Å². The van der Waals surface area contributed by atoms with Gasteiger partial charge >= 0.3 is 0 Å². The molecule has 2 heterocycles. The van der Waals surface area contributed by atoms with E-state index in [9.17, 15) is 9.59 Å². The van der Waals surface area contributed by atoms with Crippen molar-refractivity contribution in [3.05, 3.63) is 0 Å². The number of piperazine rings is 1. The SMILES string of the molecule is CCOC1CC(N)(C(=O)N2CCN(C(=O)CN3CCCC3)CC2)C1(C)C. The Balaban J connectivity index is 1.51. The summed E-state index contributed by atoms with van der Waals surface area (Å²) in [5.41, 5.74) is 5.28. The lowest BCUT2D eigenvalue weighted by Gasteiger charge is -2.59. The van der Waals surface area contributed by atoms with Gasteiger partial charge < -0.3 is 20.3 Å². The quantitative estimate of drug-likeness (QED) is 0.756. The lowest BCUT2D eigenvalue weighted by atomic mass is 9.54. The monoisotopic (exact) mass is 366 g/mol. The first kappa shape index (κ1) is 19.6. The lowest BCUT2D eigenvalue weighted by Crippen LogP contribution is -2.76. The van der Waals surface area contributed by atoms with Crippen LogP contribution in [0.1, 0.15) is 40.0 Å². The van der Waals surface area contributed by atoms with Crippen molar-refractivity contribution in [1.29, 1.82) is 0 Å². The first-order chi connectivity index (χ1) is 12.3. The zero-order chi connectivity index (χ0) is 18.9. The Labute approximate surface area is 156 Å². The van der Waals surface area contributed by atoms with Crippen LogP contribution in [0, 0.1) is 5.41 Å². The van der Waals surface area contributed by atoms with E-state index < -0.39 is 5.54 Å². The molecule has 0 aromatic heterocycles. The highest BCUT2D eigenvalue weighted by Gasteiger charge is 2.63. The minimum absolute atomic E-state index is 0.00472. The minimum atomic E-state index is -0.867. The Morgan fingerprint density at radius 3 is 2.15 bits per heavy atom. The fourth-order valence-electron chi connectivity index (χ4n) is 4.47. The van der Waals surface area contributed by atoms with Crippen LogP contribution < -0.4 is 5.73 Å². The third-order valence-electron chi connectivity index (χ3n) is 6.69. The molecular formula is C19H34N4O3. The summed E-state index contributed by atoms with van der Waals surface area (Å²) in [6.45, 7) is 11.5.